The number of hydrogen-bond donors (Lipinski definition) is 1. The highest BCUT2D eigenvalue weighted by Gasteiger charge is 2.04. The number of nitrogens with one attached hydrogen (secondary N) is 1. The summed E-state index contributed by atoms with van der Waals surface area (Å²) in [7, 11) is 0. The van der Waals surface area contributed by atoms with Crippen LogP contribution < -0.4 is 5.32 Å². The average molecular weight is 278 g/mol. The Bertz CT molecular complexity index is 451. The van der Waals surface area contributed by atoms with Crippen molar-refractivity contribution in [2.75, 3.05) is 18.8 Å². The van der Waals surface area contributed by atoms with Crippen LogP contribution >= 0.6 is 11.8 Å². The molecule has 1 heterocycles. The van der Waals surface area contributed by atoms with E-state index in [1.807, 2.05) is 24.3 Å². The normalized spacial score (nSPS) is 11.2. The van der Waals surface area contributed by atoms with Crippen LogP contribution in [-0.2, 0) is 0 Å². The van der Waals surface area contributed by atoms with E-state index < -0.39 is 0 Å². The molecule has 1 aromatic heterocycles. The summed E-state index contributed by atoms with van der Waals surface area (Å²) in [5.74, 6) is 1.00. The van der Waals surface area contributed by atoms with Crippen LogP contribution in [0.4, 0.5) is 0 Å². The molecule has 0 atom stereocenters. The molecule has 0 aliphatic carbocycles. The highest BCUT2D eigenvalue weighted by molar-refractivity contribution is 7.99. The Hall–Kier alpha value is -1.00. The summed E-state index contributed by atoms with van der Waals surface area (Å²) in [5, 5.41) is 4.23. The molecular formula is C15H22N2OS. The van der Waals surface area contributed by atoms with Crippen LogP contribution in [0.25, 0.3) is 11.1 Å². The third-order valence-corrected chi connectivity index (χ3v) is 3.82. The maximum absolute atomic E-state index is 5.65. The van der Waals surface area contributed by atoms with Crippen LogP contribution in [0.2, 0.25) is 0 Å². The lowest BCUT2D eigenvalue weighted by atomic mass is 10.2. The van der Waals surface area contributed by atoms with Crippen molar-refractivity contribution in [3.8, 4) is 0 Å². The number of aromatic nitrogens is 1. The Balaban J connectivity index is 1.60. The summed E-state index contributed by atoms with van der Waals surface area (Å²) in [6.45, 7) is 4.37. The number of fused-ring (bicyclic) bond motifs is 1. The van der Waals surface area contributed by atoms with Gasteiger partial charge < -0.3 is 9.73 Å². The molecule has 1 aromatic carbocycles. The fourth-order valence-electron chi connectivity index (χ4n) is 1.93. The van der Waals surface area contributed by atoms with Gasteiger partial charge in [0.2, 0.25) is 0 Å². The molecule has 0 aliphatic heterocycles. The Morgan fingerprint density at radius 2 is 2.05 bits per heavy atom. The second-order valence-electron chi connectivity index (χ2n) is 4.61. The average Bonchev–Trinajstić information content (AvgIpc) is 2.84. The van der Waals surface area contributed by atoms with E-state index in [1.54, 1.807) is 11.8 Å². The van der Waals surface area contributed by atoms with Gasteiger partial charge in [0.15, 0.2) is 5.58 Å². The van der Waals surface area contributed by atoms with Crippen molar-refractivity contribution < 1.29 is 4.42 Å². The van der Waals surface area contributed by atoms with Gasteiger partial charge >= 0.3 is 0 Å². The van der Waals surface area contributed by atoms with Crippen molar-refractivity contribution in [2.24, 2.45) is 0 Å². The largest absolute Gasteiger partial charge is 0.431 e. The molecule has 4 heteroatoms. The predicted octanol–water partition coefficient (Wildman–Crippen LogP) is 4.09. The van der Waals surface area contributed by atoms with Crippen molar-refractivity contribution >= 4 is 22.9 Å². The number of rotatable bonds is 9. The molecule has 104 valence electrons. The van der Waals surface area contributed by atoms with Crippen LogP contribution in [0.3, 0.4) is 0 Å². The lowest BCUT2D eigenvalue weighted by Crippen LogP contribution is -2.18. The minimum absolute atomic E-state index is 0.772. The van der Waals surface area contributed by atoms with Gasteiger partial charge in [-0.1, -0.05) is 50.1 Å². The second kappa shape index (κ2) is 8.23. The second-order valence-corrected chi connectivity index (χ2v) is 5.65. The number of benzene rings is 1. The maximum Gasteiger partial charge on any atom is 0.256 e. The molecule has 0 fully saturated rings. The van der Waals surface area contributed by atoms with Crippen LogP contribution in [0.5, 0.6) is 0 Å². The summed E-state index contributed by atoms with van der Waals surface area (Å²) in [5.41, 5.74) is 1.81. The molecule has 0 spiro atoms. The lowest BCUT2D eigenvalue weighted by Gasteiger charge is -2.02. The van der Waals surface area contributed by atoms with Crippen molar-refractivity contribution in [1.82, 2.24) is 10.3 Å². The molecular weight excluding hydrogens is 256 g/mol. The highest BCUT2D eigenvalue weighted by Crippen LogP contribution is 2.22. The number of oxazole rings is 1. The standard InChI is InChI=1S/C15H22N2OS/c1-2-3-4-7-10-16-11-12-19-15-17-13-8-5-6-9-14(13)18-15/h5-6,8-9,16H,2-4,7,10-12H2,1H3. The van der Waals surface area contributed by atoms with Gasteiger partial charge in [0.1, 0.15) is 5.52 Å². The minimum Gasteiger partial charge on any atom is -0.431 e. The van der Waals surface area contributed by atoms with Crippen LogP contribution in [0.1, 0.15) is 32.6 Å². The van der Waals surface area contributed by atoms with Crippen molar-refractivity contribution in [2.45, 2.75) is 37.8 Å². The first-order valence-electron chi connectivity index (χ1n) is 7.09. The van der Waals surface area contributed by atoms with Gasteiger partial charge in [-0.25, -0.2) is 4.98 Å². The maximum atomic E-state index is 5.65. The number of unbranched alkanes of at least 4 members (excludes halogenated alkanes) is 3. The van der Waals surface area contributed by atoms with Crippen LogP contribution in [0, 0.1) is 0 Å². The van der Waals surface area contributed by atoms with Crippen LogP contribution in [-0.4, -0.2) is 23.8 Å². The van der Waals surface area contributed by atoms with Gasteiger partial charge in [-0.2, -0.15) is 0 Å². The molecule has 2 aromatic rings. The van der Waals surface area contributed by atoms with Gasteiger partial charge in [-0.3, -0.25) is 0 Å². The summed E-state index contributed by atoms with van der Waals surface area (Å²) in [4.78, 5) is 4.44. The fraction of sp³-hybridized carbons (Fsp3) is 0.533. The first kappa shape index (κ1) is 14.4. The Labute approximate surface area is 119 Å². The number of para-hydroxylation sites is 2. The third kappa shape index (κ3) is 4.88. The summed E-state index contributed by atoms with van der Waals surface area (Å²) in [6, 6.07) is 7.89. The SMILES string of the molecule is CCCCCCNCCSc1nc2ccccc2o1. The number of nitrogens with zero attached hydrogens (tertiary/aromatic N) is 1. The minimum atomic E-state index is 0.772. The van der Waals surface area contributed by atoms with Gasteiger partial charge in [0.05, 0.1) is 0 Å². The fourth-order valence-corrected chi connectivity index (χ4v) is 2.66. The Morgan fingerprint density at radius 3 is 2.89 bits per heavy atom. The van der Waals surface area contributed by atoms with Gasteiger partial charge in [-0.05, 0) is 25.1 Å². The zero-order chi connectivity index (χ0) is 13.3. The molecule has 3 nitrogen and oxygen atoms in total. The molecule has 0 amide bonds. The first-order chi connectivity index (χ1) is 9.40. The molecule has 19 heavy (non-hydrogen) atoms. The van der Waals surface area contributed by atoms with Crippen molar-refractivity contribution in [3.63, 3.8) is 0 Å². The van der Waals surface area contributed by atoms with E-state index in [0.717, 1.165) is 35.2 Å². The summed E-state index contributed by atoms with van der Waals surface area (Å²) >= 11 is 1.67. The molecule has 0 unspecified atom stereocenters. The Kier molecular flexibility index (Phi) is 6.24. The zero-order valence-electron chi connectivity index (χ0n) is 11.5. The van der Waals surface area contributed by atoms with Gasteiger partial charge in [0.25, 0.3) is 5.22 Å². The van der Waals surface area contributed by atoms with Crippen molar-refractivity contribution in [3.05, 3.63) is 24.3 Å². The monoisotopic (exact) mass is 278 g/mol. The molecule has 0 saturated heterocycles. The van der Waals surface area contributed by atoms with Gasteiger partial charge in [-0.15, -0.1) is 0 Å². The lowest BCUT2D eigenvalue weighted by molar-refractivity contribution is 0.489. The molecule has 0 radical (unpaired) electrons. The molecule has 1 N–H and O–H groups in total. The molecule has 0 bridgehead atoms. The zero-order valence-corrected chi connectivity index (χ0v) is 12.3. The quantitative estimate of drug-likeness (QED) is 0.554. The van der Waals surface area contributed by atoms with E-state index in [0.29, 0.717) is 0 Å². The summed E-state index contributed by atoms with van der Waals surface area (Å²) in [6.07, 6.45) is 5.26. The topological polar surface area (TPSA) is 38.1 Å². The third-order valence-electron chi connectivity index (χ3n) is 2.99. The van der Waals surface area contributed by atoms with E-state index in [-0.39, 0.29) is 0 Å². The van der Waals surface area contributed by atoms with E-state index >= 15 is 0 Å². The molecule has 0 saturated carbocycles. The smallest absolute Gasteiger partial charge is 0.256 e. The highest BCUT2D eigenvalue weighted by atomic mass is 32.2. The Morgan fingerprint density at radius 1 is 1.16 bits per heavy atom. The van der Waals surface area contributed by atoms with Crippen LogP contribution in [0.15, 0.2) is 33.9 Å². The van der Waals surface area contributed by atoms with Crippen molar-refractivity contribution in [1.29, 1.82) is 0 Å². The predicted molar refractivity (Wildman–Crippen MR) is 81.7 cm³/mol. The number of hydrogen-bond acceptors (Lipinski definition) is 4. The van der Waals surface area contributed by atoms with E-state index in [4.69, 9.17) is 4.42 Å². The van der Waals surface area contributed by atoms with E-state index in [1.165, 1.54) is 25.7 Å². The van der Waals surface area contributed by atoms with Gasteiger partial charge in [0, 0.05) is 12.3 Å². The van der Waals surface area contributed by atoms with E-state index in [9.17, 15) is 0 Å². The number of thioether (sulfide) groups is 1. The molecule has 0 aliphatic rings. The summed E-state index contributed by atoms with van der Waals surface area (Å²) < 4.78 is 5.65. The first-order valence-corrected chi connectivity index (χ1v) is 8.08. The van der Waals surface area contributed by atoms with E-state index in [2.05, 4.69) is 17.2 Å². The molecule has 2 rings (SSSR count).